The number of rotatable bonds is 7. The van der Waals surface area contributed by atoms with Gasteiger partial charge in [-0.15, -0.1) is 0 Å². The Morgan fingerprint density at radius 2 is 2.00 bits per heavy atom. The number of ether oxygens (including phenoxy) is 2. The van der Waals surface area contributed by atoms with Gasteiger partial charge in [0.05, 0.1) is 24.2 Å². The Morgan fingerprint density at radius 1 is 1.25 bits per heavy atom. The summed E-state index contributed by atoms with van der Waals surface area (Å²) in [6.45, 7) is 2.24. The van der Waals surface area contributed by atoms with Crippen molar-refractivity contribution in [3.63, 3.8) is 0 Å². The summed E-state index contributed by atoms with van der Waals surface area (Å²) in [6.07, 6.45) is 0. The third-order valence-electron chi connectivity index (χ3n) is 3.37. The average Bonchev–Trinajstić information content (AvgIpc) is 2.60. The first-order valence-electron chi connectivity index (χ1n) is 7.38. The Bertz CT molecular complexity index is 746. The maximum atomic E-state index is 11.7. The molecule has 0 fully saturated rings. The molecule has 0 saturated heterocycles. The van der Waals surface area contributed by atoms with Crippen LogP contribution in [-0.4, -0.2) is 24.6 Å². The second kappa shape index (κ2) is 7.96. The Balaban J connectivity index is 2.23. The first-order valence-corrected chi connectivity index (χ1v) is 7.38. The van der Waals surface area contributed by atoms with Gasteiger partial charge in [0.2, 0.25) is 0 Å². The van der Waals surface area contributed by atoms with Gasteiger partial charge in [0.1, 0.15) is 11.4 Å². The Labute approximate surface area is 139 Å². The highest BCUT2D eigenvalue weighted by molar-refractivity contribution is 5.91. The smallest absolute Gasteiger partial charge is 0.338 e. The maximum absolute atomic E-state index is 11.7. The van der Waals surface area contributed by atoms with Gasteiger partial charge >= 0.3 is 5.97 Å². The summed E-state index contributed by atoms with van der Waals surface area (Å²) in [7, 11) is 1.56. The molecule has 0 aliphatic carbocycles. The number of carbonyl (C=O) groups excluding carboxylic acids is 1. The zero-order valence-corrected chi connectivity index (χ0v) is 13.4. The molecule has 7 nitrogen and oxygen atoms in total. The third-order valence-corrected chi connectivity index (χ3v) is 3.37. The minimum absolute atomic E-state index is 0.145. The van der Waals surface area contributed by atoms with E-state index >= 15 is 0 Å². The van der Waals surface area contributed by atoms with Gasteiger partial charge in [-0.3, -0.25) is 10.1 Å². The first kappa shape index (κ1) is 17.3. The van der Waals surface area contributed by atoms with E-state index in [1.165, 1.54) is 18.2 Å². The van der Waals surface area contributed by atoms with Gasteiger partial charge in [0.15, 0.2) is 0 Å². The number of anilines is 1. The second-order valence-corrected chi connectivity index (χ2v) is 4.87. The summed E-state index contributed by atoms with van der Waals surface area (Å²) in [5, 5.41) is 14.3. The van der Waals surface area contributed by atoms with Crippen LogP contribution < -0.4 is 10.1 Å². The number of methoxy groups -OCH3 is 1. The van der Waals surface area contributed by atoms with Gasteiger partial charge in [-0.05, 0) is 25.1 Å². The number of nitro groups is 1. The van der Waals surface area contributed by atoms with E-state index in [9.17, 15) is 14.9 Å². The molecule has 0 amide bonds. The Kier molecular flexibility index (Phi) is 5.73. The van der Waals surface area contributed by atoms with Crippen LogP contribution in [0.4, 0.5) is 11.4 Å². The molecule has 0 spiro atoms. The number of nitro benzene ring substituents is 1. The second-order valence-electron chi connectivity index (χ2n) is 4.87. The van der Waals surface area contributed by atoms with Crippen molar-refractivity contribution >= 4 is 17.3 Å². The van der Waals surface area contributed by atoms with E-state index in [-0.39, 0.29) is 17.9 Å². The summed E-state index contributed by atoms with van der Waals surface area (Å²) >= 11 is 0. The van der Waals surface area contributed by atoms with Crippen LogP contribution in [0.3, 0.4) is 0 Å². The minimum atomic E-state index is -0.586. The van der Waals surface area contributed by atoms with Gasteiger partial charge in [-0.25, -0.2) is 4.79 Å². The highest BCUT2D eigenvalue weighted by Gasteiger charge is 2.18. The zero-order valence-electron chi connectivity index (χ0n) is 13.4. The number of nitrogens with one attached hydrogen (secondary N) is 1. The zero-order chi connectivity index (χ0) is 17.5. The molecule has 0 unspecified atom stereocenters. The first-order chi connectivity index (χ1) is 11.6. The summed E-state index contributed by atoms with van der Waals surface area (Å²) in [4.78, 5) is 22.5. The molecule has 2 aromatic carbocycles. The van der Waals surface area contributed by atoms with E-state index in [2.05, 4.69) is 5.32 Å². The number of nitrogens with zero attached hydrogens (tertiary/aromatic N) is 1. The van der Waals surface area contributed by atoms with E-state index in [1.54, 1.807) is 14.0 Å². The predicted octanol–water partition coefficient (Wildman–Crippen LogP) is 3.39. The molecule has 0 aliphatic rings. The maximum Gasteiger partial charge on any atom is 0.338 e. The van der Waals surface area contributed by atoms with Crippen LogP contribution in [0.15, 0.2) is 42.5 Å². The van der Waals surface area contributed by atoms with Gasteiger partial charge < -0.3 is 14.8 Å². The van der Waals surface area contributed by atoms with Crippen LogP contribution in [0.5, 0.6) is 5.75 Å². The van der Waals surface area contributed by atoms with Gasteiger partial charge in [0, 0.05) is 18.2 Å². The van der Waals surface area contributed by atoms with Crippen molar-refractivity contribution in [1.29, 1.82) is 0 Å². The number of benzene rings is 2. The average molecular weight is 330 g/mol. The van der Waals surface area contributed by atoms with E-state index in [0.29, 0.717) is 18.0 Å². The van der Waals surface area contributed by atoms with Crippen LogP contribution in [-0.2, 0) is 11.3 Å². The van der Waals surface area contributed by atoms with E-state index in [1.807, 2.05) is 24.3 Å². The van der Waals surface area contributed by atoms with Crippen LogP contribution in [0.25, 0.3) is 0 Å². The Hall–Kier alpha value is -3.09. The van der Waals surface area contributed by atoms with Gasteiger partial charge in [-0.1, -0.05) is 18.2 Å². The van der Waals surface area contributed by atoms with Crippen molar-refractivity contribution in [2.24, 2.45) is 0 Å². The monoisotopic (exact) mass is 330 g/mol. The lowest BCUT2D eigenvalue weighted by Crippen LogP contribution is -2.08. The molecular weight excluding hydrogens is 312 g/mol. The molecule has 7 heteroatoms. The molecule has 126 valence electrons. The van der Waals surface area contributed by atoms with Crippen molar-refractivity contribution < 1.29 is 19.2 Å². The molecule has 0 radical (unpaired) electrons. The molecule has 0 heterocycles. The largest absolute Gasteiger partial charge is 0.496 e. The number of carbonyl (C=O) groups is 1. The summed E-state index contributed by atoms with van der Waals surface area (Å²) < 4.78 is 10.1. The van der Waals surface area contributed by atoms with Crippen molar-refractivity contribution in [3.05, 3.63) is 63.7 Å². The van der Waals surface area contributed by atoms with Gasteiger partial charge in [0.25, 0.3) is 5.69 Å². The lowest BCUT2D eigenvalue weighted by atomic mass is 10.1. The fourth-order valence-corrected chi connectivity index (χ4v) is 2.21. The molecule has 0 atom stereocenters. The van der Waals surface area contributed by atoms with Crippen LogP contribution in [0.1, 0.15) is 22.8 Å². The van der Waals surface area contributed by atoms with E-state index in [0.717, 1.165) is 5.56 Å². The fourth-order valence-electron chi connectivity index (χ4n) is 2.21. The number of hydrogen-bond donors (Lipinski definition) is 1. The molecular formula is C17H18N2O5. The summed E-state index contributed by atoms with van der Waals surface area (Å²) in [5.41, 5.74) is 1.14. The highest BCUT2D eigenvalue weighted by Crippen LogP contribution is 2.27. The van der Waals surface area contributed by atoms with Gasteiger partial charge in [-0.2, -0.15) is 0 Å². The SMILES string of the molecule is CCOC(=O)c1ccc(NCc2ccccc2OC)c([N+](=O)[O-])c1. The molecule has 0 aliphatic heterocycles. The topological polar surface area (TPSA) is 90.7 Å². The van der Waals surface area contributed by atoms with E-state index < -0.39 is 10.9 Å². The number of hydrogen-bond acceptors (Lipinski definition) is 6. The lowest BCUT2D eigenvalue weighted by molar-refractivity contribution is -0.384. The van der Waals surface area contributed by atoms with Crippen LogP contribution in [0, 0.1) is 10.1 Å². The lowest BCUT2D eigenvalue weighted by Gasteiger charge is -2.11. The Morgan fingerprint density at radius 3 is 2.67 bits per heavy atom. The van der Waals surface area contributed by atoms with Crippen LogP contribution >= 0.6 is 0 Å². The van der Waals surface area contributed by atoms with Crippen molar-refractivity contribution in [1.82, 2.24) is 0 Å². The standard InChI is InChI=1S/C17H18N2O5/c1-3-24-17(20)12-8-9-14(15(10-12)19(21)22)18-11-13-6-4-5-7-16(13)23-2/h4-10,18H,3,11H2,1-2H3. The molecule has 24 heavy (non-hydrogen) atoms. The quantitative estimate of drug-likeness (QED) is 0.475. The number of para-hydroxylation sites is 1. The summed E-state index contributed by atoms with van der Waals surface area (Å²) in [6, 6.07) is 11.6. The van der Waals surface area contributed by atoms with Crippen LogP contribution in [0.2, 0.25) is 0 Å². The molecule has 2 rings (SSSR count). The van der Waals surface area contributed by atoms with E-state index in [4.69, 9.17) is 9.47 Å². The van der Waals surface area contributed by atoms with Crippen molar-refractivity contribution in [3.8, 4) is 5.75 Å². The molecule has 2 aromatic rings. The molecule has 0 saturated carbocycles. The van der Waals surface area contributed by atoms with Crippen molar-refractivity contribution in [2.75, 3.05) is 19.0 Å². The molecule has 1 N–H and O–H groups in total. The molecule has 0 aromatic heterocycles. The summed E-state index contributed by atoms with van der Waals surface area (Å²) in [5.74, 6) is 0.104. The third kappa shape index (κ3) is 4.01. The number of esters is 1. The van der Waals surface area contributed by atoms with Crippen molar-refractivity contribution in [2.45, 2.75) is 13.5 Å². The predicted molar refractivity (Wildman–Crippen MR) is 89.4 cm³/mol. The highest BCUT2D eigenvalue weighted by atomic mass is 16.6. The normalized spacial score (nSPS) is 10.1. The molecule has 0 bridgehead atoms. The minimum Gasteiger partial charge on any atom is -0.496 e. The fraction of sp³-hybridized carbons (Fsp3) is 0.235.